The summed E-state index contributed by atoms with van der Waals surface area (Å²) < 4.78 is 30.3. The maximum Gasteiger partial charge on any atom is 0.268 e. The predicted octanol–water partition coefficient (Wildman–Crippen LogP) is 9.93. The molecule has 0 fully saturated rings. The van der Waals surface area contributed by atoms with Crippen LogP contribution in [-0.4, -0.2) is 25.0 Å². The predicted molar refractivity (Wildman–Crippen MR) is 228 cm³/mol. The van der Waals surface area contributed by atoms with Gasteiger partial charge in [-0.15, -0.1) is 0 Å². The summed E-state index contributed by atoms with van der Waals surface area (Å²) in [4.78, 5) is 45.9. The third kappa shape index (κ3) is 8.77. The minimum Gasteiger partial charge on any atom is -0.364 e. The molecule has 0 saturated heterocycles. The van der Waals surface area contributed by atoms with Crippen LogP contribution < -0.4 is 27.2 Å². The highest BCUT2D eigenvalue weighted by molar-refractivity contribution is 6.34. The number of benzene rings is 4. The lowest BCUT2D eigenvalue weighted by Gasteiger charge is -2.19. The van der Waals surface area contributed by atoms with E-state index in [2.05, 4.69) is 20.6 Å². The average Bonchev–Trinajstić information content (AvgIpc) is 3.20. The summed E-state index contributed by atoms with van der Waals surface area (Å²) in [6.45, 7) is 7.54. The number of hydrogen-bond acceptors (Lipinski definition) is 7. The summed E-state index contributed by atoms with van der Waals surface area (Å²) >= 11 is 6.24. The van der Waals surface area contributed by atoms with Crippen molar-refractivity contribution in [3.63, 3.8) is 0 Å². The van der Waals surface area contributed by atoms with Crippen LogP contribution in [-0.2, 0) is 0 Å². The van der Waals surface area contributed by atoms with Crippen LogP contribution in [0.4, 0.5) is 31.8 Å². The summed E-state index contributed by atoms with van der Waals surface area (Å²) in [5, 5.41) is 7.00. The van der Waals surface area contributed by atoms with E-state index in [0.29, 0.717) is 45.4 Å². The number of pyridine rings is 4. The number of para-hydroxylation sites is 2. The quantitative estimate of drug-likeness (QED) is 0.137. The van der Waals surface area contributed by atoms with Gasteiger partial charge >= 0.3 is 0 Å². The Bertz CT molecular complexity index is 2870. The fraction of sp³-hybridized carbons (Fsp3) is 0.0889. The van der Waals surface area contributed by atoms with E-state index in [1.54, 1.807) is 54.8 Å². The molecule has 0 bridgehead atoms. The van der Waals surface area contributed by atoms with E-state index >= 15 is 0 Å². The molecule has 0 aliphatic rings. The van der Waals surface area contributed by atoms with Gasteiger partial charge in [0.25, 0.3) is 5.91 Å². The standard InChI is InChI=1S/C22H18N4O2.C21H14ClF2N3O.C2H6/c1-14-12-17-20(21(24-14)22(23)28)18(27)13-19(25-15-8-4-2-5-9-15)26(17)16-10-6-3-7-11-16;1-12-10-17-20(21(22)25-12)18(28)11-19(26-15-6-2-13(23)3-7-15)27(17)16-8-4-14(24)5-9-16;1-2/h2-13,25H,1H3,(H2,23,28);2-11,26H,1H3;1-2H3. The monoisotopic (exact) mass is 797 g/mol. The van der Waals surface area contributed by atoms with Crippen molar-refractivity contribution in [2.45, 2.75) is 27.7 Å². The van der Waals surface area contributed by atoms with Crippen LogP contribution in [0.3, 0.4) is 0 Å². The molecule has 13 heteroatoms. The fourth-order valence-electron chi connectivity index (χ4n) is 6.32. The van der Waals surface area contributed by atoms with Gasteiger partial charge in [-0.25, -0.2) is 18.7 Å². The Kier molecular flexibility index (Phi) is 12.4. The lowest BCUT2D eigenvalue weighted by atomic mass is 10.1. The molecule has 0 atom stereocenters. The molecule has 8 rings (SSSR count). The first-order valence-electron chi connectivity index (χ1n) is 18.2. The van der Waals surface area contributed by atoms with Gasteiger partial charge in [0.1, 0.15) is 34.1 Å². The van der Waals surface area contributed by atoms with Crippen molar-refractivity contribution in [2.24, 2.45) is 5.73 Å². The average molecular weight is 798 g/mol. The summed E-state index contributed by atoms with van der Waals surface area (Å²) in [6, 6.07) is 37.1. The first kappa shape index (κ1) is 40.5. The van der Waals surface area contributed by atoms with Crippen molar-refractivity contribution in [3.8, 4) is 11.4 Å². The molecule has 0 aliphatic carbocycles. The van der Waals surface area contributed by atoms with Crippen LogP contribution in [0.5, 0.6) is 0 Å². The second kappa shape index (κ2) is 17.7. The highest BCUT2D eigenvalue weighted by Gasteiger charge is 2.19. The van der Waals surface area contributed by atoms with Gasteiger partial charge in [0.05, 0.1) is 21.8 Å². The van der Waals surface area contributed by atoms with Gasteiger partial charge in [-0.3, -0.25) is 23.5 Å². The topological polar surface area (TPSA) is 137 Å². The molecule has 4 aromatic heterocycles. The normalized spacial score (nSPS) is 10.6. The summed E-state index contributed by atoms with van der Waals surface area (Å²) in [5.74, 6) is -0.464. The highest BCUT2D eigenvalue weighted by Crippen LogP contribution is 2.29. The Hall–Kier alpha value is -7.18. The number of nitrogens with one attached hydrogen (secondary N) is 2. The van der Waals surface area contributed by atoms with Gasteiger partial charge in [0, 0.05) is 46.3 Å². The zero-order valence-electron chi connectivity index (χ0n) is 31.9. The van der Waals surface area contributed by atoms with E-state index in [4.69, 9.17) is 17.3 Å². The van der Waals surface area contributed by atoms with E-state index < -0.39 is 5.91 Å². The SMILES string of the molecule is CC.Cc1cc2c(c(C(N)=O)n1)c(=O)cc(Nc1ccccc1)n2-c1ccccc1.Cc1cc2c(c(Cl)n1)c(=O)cc(Nc1ccc(F)cc1)n2-c1ccc(F)cc1. The lowest BCUT2D eigenvalue weighted by Crippen LogP contribution is -2.20. The van der Waals surface area contributed by atoms with Crippen LogP contribution in [0.25, 0.3) is 33.2 Å². The Balaban J connectivity index is 0.000000188. The molecule has 4 aromatic carbocycles. The van der Waals surface area contributed by atoms with Crippen molar-refractivity contribution in [3.05, 3.63) is 188 Å². The summed E-state index contributed by atoms with van der Waals surface area (Å²) in [5.41, 5.74) is 10.1. The smallest absolute Gasteiger partial charge is 0.268 e. The number of fused-ring (bicyclic) bond motifs is 2. The minimum atomic E-state index is -0.728. The molecular formula is C45H38ClF2N7O3. The van der Waals surface area contributed by atoms with Gasteiger partial charge in [-0.2, -0.15) is 0 Å². The van der Waals surface area contributed by atoms with Crippen LogP contribution in [0.1, 0.15) is 35.7 Å². The number of aromatic nitrogens is 4. The second-order valence-electron chi connectivity index (χ2n) is 12.7. The molecule has 10 nitrogen and oxygen atoms in total. The van der Waals surface area contributed by atoms with Crippen molar-refractivity contribution in [1.82, 2.24) is 19.1 Å². The highest BCUT2D eigenvalue weighted by atomic mass is 35.5. The van der Waals surface area contributed by atoms with Gasteiger partial charge in [0.2, 0.25) is 0 Å². The molecule has 292 valence electrons. The van der Waals surface area contributed by atoms with Crippen molar-refractivity contribution >= 4 is 62.3 Å². The number of anilines is 4. The number of rotatable bonds is 7. The first-order chi connectivity index (χ1) is 28.0. The Morgan fingerprint density at radius 3 is 1.57 bits per heavy atom. The Labute approximate surface area is 337 Å². The molecule has 1 amide bonds. The third-order valence-corrected chi connectivity index (χ3v) is 8.97. The van der Waals surface area contributed by atoms with Gasteiger partial charge < -0.3 is 16.4 Å². The maximum absolute atomic E-state index is 13.5. The zero-order chi connectivity index (χ0) is 41.5. The molecular weight excluding hydrogens is 760 g/mol. The van der Waals surface area contributed by atoms with Crippen molar-refractivity contribution in [1.29, 1.82) is 0 Å². The summed E-state index contributed by atoms with van der Waals surface area (Å²) in [7, 11) is 0. The minimum absolute atomic E-state index is 0.0176. The fourth-order valence-corrected chi connectivity index (χ4v) is 6.64. The molecule has 0 aliphatic heterocycles. The number of aryl methyl sites for hydroxylation is 2. The van der Waals surface area contributed by atoms with Gasteiger partial charge in [-0.05, 0) is 98.8 Å². The van der Waals surface area contributed by atoms with Crippen LogP contribution in [0.2, 0.25) is 5.15 Å². The zero-order valence-corrected chi connectivity index (χ0v) is 32.7. The number of halogens is 3. The number of carbonyl (C=O) groups excluding carboxylic acids is 1. The number of nitrogens with zero attached hydrogens (tertiary/aromatic N) is 4. The molecule has 58 heavy (non-hydrogen) atoms. The van der Waals surface area contributed by atoms with E-state index in [9.17, 15) is 23.2 Å². The number of carbonyl (C=O) groups is 1. The van der Waals surface area contributed by atoms with E-state index in [1.165, 1.54) is 36.4 Å². The Morgan fingerprint density at radius 2 is 1.03 bits per heavy atom. The van der Waals surface area contributed by atoms with Crippen molar-refractivity contribution < 1.29 is 13.6 Å². The number of amides is 1. The van der Waals surface area contributed by atoms with Crippen LogP contribution in [0, 0.1) is 25.5 Å². The number of primary amides is 1. The van der Waals surface area contributed by atoms with Gasteiger partial charge in [-0.1, -0.05) is 61.8 Å². The summed E-state index contributed by atoms with van der Waals surface area (Å²) in [6.07, 6.45) is 0. The molecule has 4 N–H and O–H groups in total. The first-order valence-corrected chi connectivity index (χ1v) is 18.6. The van der Waals surface area contributed by atoms with E-state index in [1.807, 2.05) is 79.1 Å². The van der Waals surface area contributed by atoms with Crippen LogP contribution in [0.15, 0.2) is 143 Å². The third-order valence-electron chi connectivity index (χ3n) is 8.70. The van der Waals surface area contributed by atoms with E-state index in [-0.39, 0.29) is 44.1 Å². The van der Waals surface area contributed by atoms with Crippen molar-refractivity contribution in [2.75, 3.05) is 10.6 Å². The lowest BCUT2D eigenvalue weighted by molar-refractivity contribution is 0.0997. The van der Waals surface area contributed by atoms with Crippen LogP contribution >= 0.6 is 11.6 Å². The largest absolute Gasteiger partial charge is 0.364 e. The second-order valence-corrected chi connectivity index (χ2v) is 13.1. The van der Waals surface area contributed by atoms with Gasteiger partial charge in [0.15, 0.2) is 10.9 Å². The van der Waals surface area contributed by atoms with E-state index in [0.717, 1.165) is 11.4 Å². The molecule has 0 spiro atoms. The molecule has 0 saturated carbocycles. The number of nitrogens with two attached hydrogens (primary N) is 1. The molecule has 0 unspecified atom stereocenters. The maximum atomic E-state index is 13.5. The molecule has 8 aromatic rings. The number of hydrogen-bond donors (Lipinski definition) is 3. The molecule has 4 heterocycles. The molecule has 0 radical (unpaired) electrons. The Morgan fingerprint density at radius 1 is 0.603 bits per heavy atom.